The van der Waals surface area contributed by atoms with E-state index in [4.69, 9.17) is 21.3 Å². The highest BCUT2D eigenvalue weighted by Crippen LogP contribution is 2.33. The molecule has 0 saturated carbocycles. The van der Waals surface area contributed by atoms with Crippen molar-refractivity contribution in [3.63, 3.8) is 0 Å². The zero-order valence-electron chi connectivity index (χ0n) is 27.4. The number of aryl methyl sites for hydroxylation is 2. The maximum absolute atomic E-state index is 14.8. The number of halogens is 1. The minimum Gasteiger partial charge on any atom is -0.469 e. The summed E-state index contributed by atoms with van der Waals surface area (Å²) in [5, 5.41) is 3.10. The van der Waals surface area contributed by atoms with E-state index in [-0.39, 0.29) is 35.9 Å². The van der Waals surface area contributed by atoms with Crippen LogP contribution in [-0.4, -0.2) is 46.0 Å². The number of carbonyl (C=O) groups excluding carboxylic acids is 2. The fourth-order valence-corrected chi connectivity index (χ4v) is 7.33. The SMILES string of the molecule is CCc1cccc(CC)c1-n1c(CC(C)C)c(C(=O)N2CC(C(=O)OC)CCC2C)cc(-c2nc(-c3ccc(Cl)cc3)cs2)c1=O. The average molecular weight is 660 g/mol. The number of aromatic nitrogens is 2. The number of nitrogens with zero attached hydrogens (tertiary/aromatic N) is 3. The second kappa shape index (κ2) is 14.3. The van der Waals surface area contributed by atoms with Crippen LogP contribution in [0.4, 0.5) is 0 Å². The third-order valence-electron chi connectivity index (χ3n) is 8.88. The summed E-state index contributed by atoms with van der Waals surface area (Å²) >= 11 is 7.51. The first-order valence-corrected chi connectivity index (χ1v) is 17.3. The van der Waals surface area contributed by atoms with Gasteiger partial charge in [0.15, 0.2) is 0 Å². The number of ether oxygens (including phenoxy) is 1. The second-order valence-electron chi connectivity index (χ2n) is 12.4. The average Bonchev–Trinajstić information content (AvgIpc) is 3.54. The van der Waals surface area contributed by atoms with Gasteiger partial charge in [0.2, 0.25) is 0 Å². The molecular formula is C37H42ClN3O4S. The van der Waals surface area contributed by atoms with Gasteiger partial charge < -0.3 is 9.64 Å². The maximum Gasteiger partial charge on any atom is 0.310 e. The molecule has 0 spiro atoms. The molecule has 1 amide bonds. The molecule has 2 unspecified atom stereocenters. The van der Waals surface area contributed by atoms with Crippen LogP contribution in [0.3, 0.4) is 0 Å². The predicted octanol–water partition coefficient (Wildman–Crippen LogP) is 8.02. The minimum absolute atomic E-state index is 0.0744. The van der Waals surface area contributed by atoms with Crippen LogP contribution in [0.1, 0.15) is 74.6 Å². The van der Waals surface area contributed by atoms with E-state index in [0.717, 1.165) is 40.9 Å². The normalized spacial score (nSPS) is 16.6. The van der Waals surface area contributed by atoms with Gasteiger partial charge in [-0.3, -0.25) is 19.0 Å². The molecule has 1 saturated heterocycles. The molecule has 0 bridgehead atoms. The summed E-state index contributed by atoms with van der Waals surface area (Å²) in [6.45, 7) is 10.7. The predicted molar refractivity (Wildman–Crippen MR) is 186 cm³/mol. The fourth-order valence-electron chi connectivity index (χ4n) is 6.37. The summed E-state index contributed by atoms with van der Waals surface area (Å²) in [6.07, 6.45) is 3.33. The summed E-state index contributed by atoms with van der Waals surface area (Å²) in [6, 6.07) is 15.3. The van der Waals surface area contributed by atoms with Crippen LogP contribution in [-0.2, 0) is 28.8 Å². The first kappa shape index (κ1) is 33.6. The summed E-state index contributed by atoms with van der Waals surface area (Å²) in [5.74, 6) is -0.717. The molecule has 1 fully saturated rings. The Bertz CT molecular complexity index is 1770. The number of hydrogen-bond donors (Lipinski definition) is 0. The van der Waals surface area contributed by atoms with Crippen molar-refractivity contribution >= 4 is 34.8 Å². The van der Waals surface area contributed by atoms with Crippen LogP contribution >= 0.6 is 22.9 Å². The van der Waals surface area contributed by atoms with Crippen LogP contribution in [0.25, 0.3) is 27.5 Å². The molecule has 1 aliphatic heterocycles. The lowest BCUT2D eigenvalue weighted by atomic mass is 9.91. The highest BCUT2D eigenvalue weighted by atomic mass is 35.5. The van der Waals surface area contributed by atoms with E-state index in [1.54, 1.807) is 15.5 Å². The van der Waals surface area contributed by atoms with Gasteiger partial charge in [-0.15, -0.1) is 11.3 Å². The van der Waals surface area contributed by atoms with Gasteiger partial charge in [-0.05, 0) is 74.3 Å². The fraction of sp³-hybridized carbons (Fsp3) is 0.405. The number of hydrogen-bond acceptors (Lipinski definition) is 6. The van der Waals surface area contributed by atoms with Crippen LogP contribution in [0.15, 0.2) is 58.7 Å². The summed E-state index contributed by atoms with van der Waals surface area (Å²) in [4.78, 5) is 48.8. The molecule has 4 aromatic rings. The van der Waals surface area contributed by atoms with Gasteiger partial charge >= 0.3 is 5.97 Å². The van der Waals surface area contributed by atoms with E-state index in [1.807, 2.05) is 42.6 Å². The van der Waals surface area contributed by atoms with E-state index >= 15 is 0 Å². The molecule has 2 aromatic heterocycles. The number of esters is 1. The molecule has 1 aliphatic rings. The number of piperidine rings is 1. The molecule has 0 radical (unpaired) electrons. The number of para-hydroxylation sites is 1. The zero-order valence-corrected chi connectivity index (χ0v) is 29.0. The third-order valence-corrected chi connectivity index (χ3v) is 10.0. The van der Waals surface area contributed by atoms with Gasteiger partial charge in [0, 0.05) is 34.2 Å². The van der Waals surface area contributed by atoms with Crippen molar-refractivity contribution in [2.75, 3.05) is 13.7 Å². The molecule has 2 aromatic carbocycles. The summed E-state index contributed by atoms with van der Waals surface area (Å²) in [5.41, 5.74) is 5.89. The van der Waals surface area contributed by atoms with Gasteiger partial charge in [-0.2, -0.15) is 0 Å². The van der Waals surface area contributed by atoms with Gasteiger partial charge in [0.05, 0.1) is 35.5 Å². The van der Waals surface area contributed by atoms with Gasteiger partial charge in [0.25, 0.3) is 11.5 Å². The Kier molecular flexibility index (Phi) is 10.5. The van der Waals surface area contributed by atoms with Gasteiger partial charge in [-0.25, -0.2) is 4.98 Å². The number of thiazole rings is 1. The largest absolute Gasteiger partial charge is 0.469 e. The number of methoxy groups -OCH3 is 1. The van der Waals surface area contributed by atoms with E-state index in [9.17, 15) is 14.4 Å². The lowest BCUT2D eigenvalue weighted by Crippen LogP contribution is -2.48. The van der Waals surface area contributed by atoms with Crippen molar-refractivity contribution in [2.45, 2.75) is 72.8 Å². The standard InChI is InChI=1S/C37H42ClN3O4S/c1-7-24-10-9-11-25(8-2)33(24)41-32(18-22(3)4)29(35(42)40-20-27(37(44)45-6)13-12-23(40)5)19-30(36(41)43)34-39-31(21-46-34)26-14-16-28(38)17-15-26/h9-11,14-17,19,21-23,27H,7-8,12-13,18,20H2,1-6H3. The molecule has 0 N–H and O–H groups in total. The van der Waals surface area contributed by atoms with Crippen molar-refractivity contribution in [3.05, 3.63) is 91.7 Å². The van der Waals surface area contributed by atoms with Crippen molar-refractivity contribution in [2.24, 2.45) is 11.8 Å². The number of benzene rings is 2. The van der Waals surface area contributed by atoms with E-state index < -0.39 is 5.92 Å². The molecule has 9 heteroatoms. The maximum atomic E-state index is 14.8. The van der Waals surface area contributed by atoms with E-state index in [1.165, 1.54) is 18.4 Å². The first-order chi connectivity index (χ1) is 22.1. The molecule has 46 heavy (non-hydrogen) atoms. The summed E-state index contributed by atoms with van der Waals surface area (Å²) in [7, 11) is 1.39. The van der Waals surface area contributed by atoms with Crippen LogP contribution < -0.4 is 5.56 Å². The Morgan fingerprint density at radius 2 is 1.74 bits per heavy atom. The molecule has 7 nitrogen and oxygen atoms in total. The lowest BCUT2D eigenvalue weighted by Gasteiger charge is -2.37. The van der Waals surface area contributed by atoms with Crippen LogP contribution in [0, 0.1) is 11.8 Å². The number of rotatable bonds is 9. The van der Waals surface area contributed by atoms with Gasteiger partial charge in [-0.1, -0.05) is 69.6 Å². The Labute approximate surface area is 280 Å². The molecule has 3 heterocycles. The number of likely N-dealkylation sites (tertiary alicyclic amines) is 1. The Morgan fingerprint density at radius 3 is 2.35 bits per heavy atom. The Balaban J connectivity index is 1.79. The number of amides is 1. The topological polar surface area (TPSA) is 81.5 Å². The lowest BCUT2D eigenvalue weighted by molar-refractivity contribution is -0.147. The third kappa shape index (κ3) is 6.69. The molecule has 0 aliphatic carbocycles. The first-order valence-electron chi connectivity index (χ1n) is 16.1. The highest BCUT2D eigenvalue weighted by Gasteiger charge is 2.36. The monoisotopic (exact) mass is 659 g/mol. The van der Waals surface area contributed by atoms with Crippen LogP contribution in [0.5, 0.6) is 0 Å². The van der Waals surface area contributed by atoms with E-state index in [2.05, 4.69) is 39.8 Å². The van der Waals surface area contributed by atoms with Crippen molar-refractivity contribution in [1.82, 2.24) is 14.5 Å². The minimum atomic E-state index is -0.391. The quantitative estimate of drug-likeness (QED) is 0.170. The molecular weight excluding hydrogens is 618 g/mol. The van der Waals surface area contributed by atoms with E-state index in [0.29, 0.717) is 46.1 Å². The molecule has 2 atom stereocenters. The second-order valence-corrected chi connectivity index (χ2v) is 13.7. The van der Waals surface area contributed by atoms with Crippen molar-refractivity contribution in [1.29, 1.82) is 0 Å². The number of carbonyl (C=O) groups is 2. The highest BCUT2D eigenvalue weighted by molar-refractivity contribution is 7.13. The Morgan fingerprint density at radius 1 is 1.07 bits per heavy atom. The van der Waals surface area contributed by atoms with Crippen LogP contribution in [0.2, 0.25) is 5.02 Å². The van der Waals surface area contributed by atoms with Gasteiger partial charge in [0.1, 0.15) is 5.01 Å². The Hall–Kier alpha value is -3.75. The smallest absolute Gasteiger partial charge is 0.310 e. The van der Waals surface area contributed by atoms with Crippen molar-refractivity contribution in [3.8, 4) is 27.5 Å². The molecule has 5 rings (SSSR count). The van der Waals surface area contributed by atoms with Crippen molar-refractivity contribution < 1.29 is 14.3 Å². The summed E-state index contributed by atoms with van der Waals surface area (Å²) < 4.78 is 6.87. The zero-order chi connectivity index (χ0) is 33.1. The molecule has 242 valence electrons. The number of pyridine rings is 1.